The summed E-state index contributed by atoms with van der Waals surface area (Å²) in [6, 6.07) is 1.28. The number of hydrogen-bond donors (Lipinski definition) is 7. The van der Waals surface area contributed by atoms with Gasteiger partial charge in [0.05, 0.1) is 13.2 Å². The molecule has 1 aromatic heterocycles. The lowest BCUT2D eigenvalue weighted by Crippen LogP contribution is -2.36. The summed E-state index contributed by atoms with van der Waals surface area (Å²) >= 11 is 0. The number of unbranched alkanes of at least 4 members (excludes halogenated alkanes) is 1. The van der Waals surface area contributed by atoms with Crippen molar-refractivity contribution < 1.29 is 66.2 Å². The summed E-state index contributed by atoms with van der Waals surface area (Å²) < 4.78 is 51.3. The van der Waals surface area contributed by atoms with E-state index >= 15 is 0 Å². The highest BCUT2D eigenvalue weighted by molar-refractivity contribution is 7.66. The molecule has 198 valence electrons. The van der Waals surface area contributed by atoms with Gasteiger partial charge in [0.1, 0.15) is 18.3 Å². The van der Waals surface area contributed by atoms with Crippen LogP contribution >= 0.6 is 23.5 Å². The highest BCUT2D eigenvalue weighted by Crippen LogP contribution is 2.66. The van der Waals surface area contributed by atoms with Crippen molar-refractivity contribution in [3.63, 3.8) is 0 Å². The van der Waals surface area contributed by atoms with Crippen molar-refractivity contribution in [2.75, 3.05) is 18.7 Å². The molecule has 1 saturated heterocycles. The summed E-state index contributed by atoms with van der Waals surface area (Å²) in [5, 5.41) is 20.3. The molecular weight excluding hydrogens is 543 g/mol. The minimum absolute atomic E-state index is 0.0178. The second-order valence-corrected chi connectivity index (χ2v) is 11.1. The number of aliphatic hydroxyl groups excluding tert-OH is 2. The largest absolute Gasteiger partial charge is 0.490 e. The van der Waals surface area contributed by atoms with Crippen molar-refractivity contribution in [2.24, 2.45) is 0 Å². The van der Waals surface area contributed by atoms with Gasteiger partial charge in [0.15, 0.2) is 12.0 Å². The molecule has 2 unspecified atom stereocenters. The number of aliphatic hydroxyl groups is 2. The van der Waals surface area contributed by atoms with Crippen LogP contribution in [0.1, 0.15) is 19.1 Å². The molecule has 0 spiro atoms. The number of aromatic nitrogens is 2. The van der Waals surface area contributed by atoms with Crippen LogP contribution in [0.25, 0.3) is 0 Å². The fraction of sp³-hybridized carbons (Fsp3) is 0.571. The Balaban J connectivity index is 1.99. The van der Waals surface area contributed by atoms with Crippen molar-refractivity contribution in [3.05, 3.63) is 22.7 Å². The van der Waals surface area contributed by atoms with Crippen molar-refractivity contribution in [2.45, 2.75) is 37.4 Å². The number of anilines is 1. The van der Waals surface area contributed by atoms with Crippen LogP contribution in [0.3, 0.4) is 0 Å². The fourth-order valence-corrected chi connectivity index (χ4v) is 5.63. The molecule has 6 atom stereocenters. The zero-order chi connectivity index (χ0) is 26.4. The Morgan fingerprint density at radius 3 is 2.43 bits per heavy atom. The number of hydrogen-bond acceptors (Lipinski definition) is 13. The number of nitrogens with one attached hydrogen (secondary N) is 1. The van der Waals surface area contributed by atoms with Crippen LogP contribution in [0, 0.1) is 12.3 Å². The van der Waals surface area contributed by atoms with E-state index in [0.717, 1.165) is 10.8 Å². The summed E-state index contributed by atoms with van der Waals surface area (Å²) in [5.41, 5.74) is 1.48. The topological polar surface area (TPSA) is 266 Å². The first kappa shape index (κ1) is 29.7. The van der Waals surface area contributed by atoms with Gasteiger partial charge in [0.2, 0.25) is 0 Å². The second-order valence-electron chi connectivity index (χ2n) is 6.69. The SMILES string of the molecule is C#CCCCONc1ccn([C@@H]2O[C@H](COP(=O)(O)OP(=O)(O)OP(=O)(O)O)[C@@H](O)[C@H]2O)c(=O)n1. The maximum absolute atomic E-state index is 12.3. The van der Waals surface area contributed by atoms with E-state index < -0.39 is 60.3 Å². The normalized spacial score (nSPS) is 26.0. The minimum Gasteiger partial charge on any atom is -0.387 e. The molecule has 0 saturated carbocycles. The van der Waals surface area contributed by atoms with Gasteiger partial charge < -0.3 is 34.5 Å². The summed E-state index contributed by atoms with van der Waals surface area (Å²) in [4.78, 5) is 56.6. The number of nitrogens with zero attached hydrogens (tertiary/aromatic N) is 2. The molecule has 7 N–H and O–H groups in total. The molecular formula is C14H22N3O15P3. The molecule has 0 bridgehead atoms. The third-order valence-corrected chi connectivity index (χ3v) is 7.81. The van der Waals surface area contributed by atoms with E-state index in [1.165, 1.54) is 6.07 Å². The minimum atomic E-state index is -5.74. The van der Waals surface area contributed by atoms with Gasteiger partial charge in [-0.15, -0.1) is 12.3 Å². The molecule has 35 heavy (non-hydrogen) atoms. The van der Waals surface area contributed by atoms with E-state index in [1.54, 1.807) is 0 Å². The Kier molecular flexibility index (Phi) is 10.3. The molecule has 21 heteroatoms. The van der Waals surface area contributed by atoms with E-state index in [4.69, 9.17) is 30.7 Å². The molecule has 1 aliphatic rings. The van der Waals surface area contributed by atoms with E-state index in [9.17, 15) is 33.6 Å². The highest BCUT2D eigenvalue weighted by atomic mass is 31.3. The lowest BCUT2D eigenvalue weighted by atomic mass is 10.1. The summed E-state index contributed by atoms with van der Waals surface area (Å²) in [6.45, 7) is -0.797. The van der Waals surface area contributed by atoms with Gasteiger partial charge in [-0.3, -0.25) is 13.9 Å². The van der Waals surface area contributed by atoms with Gasteiger partial charge in [0.25, 0.3) is 0 Å². The first-order valence-corrected chi connectivity index (χ1v) is 13.9. The Morgan fingerprint density at radius 1 is 1.14 bits per heavy atom. The van der Waals surface area contributed by atoms with Gasteiger partial charge >= 0.3 is 29.2 Å². The van der Waals surface area contributed by atoms with Crippen molar-refractivity contribution in [3.8, 4) is 12.3 Å². The third-order valence-electron chi connectivity index (χ3n) is 4.00. The van der Waals surface area contributed by atoms with Gasteiger partial charge in [-0.25, -0.2) is 24.0 Å². The summed E-state index contributed by atoms with van der Waals surface area (Å²) in [6.07, 6.45) is 0.681. The Hall–Kier alpha value is -1.51. The molecule has 2 rings (SSSR count). The van der Waals surface area contributed by atoms with Gasteiger partial charge in [-0.05, 0) is 12.5 Å². The molecule has 1 aromatic rings. The van der Waals surface area contributed by atoms with E-state index in [1.807, 2.05) is 0 Å². The number of phosphoric acid groups is 3. The van der Waals surface area contributed by atoms with Gasteiger partial charge in [0, 0.05) is 12.6 Å². The van der Waals surface area contributed by atoms with Gasteiger partial charge in [-0.2, -0.15) is 13.6 Å². The van der Waals surface area contributed by atoms with Crippen molar-refractivity contribution >= 4 is 29.3 Å². The monoisotopic (exact) mass is 565 g/mol. The average molecular weight is 565 g/mol. The Morgan fingerprint density at radius 2 is 1.83 bits per heavy atom. The van der Waals surface area contributed by atoms with Crippen LogP contribution in [-0.2, 0) is 36.4 Å². The molecule has 2 heterocycles. The zero-order valence-corrected chi connectivity index (χ0v) is 20.1. The number of ether oxygens (including phenoxy) is 1. The second kappa shape index (κ2) is 12.2. The number of phosphoric ester groups is 1. The molecule has 0 amide bonds. The number of terminal acetylenes is 1. The number of rotatable bonds is 13. The Labute approximate surface area is 196 Å². The van der Waals surface area contributed by atoms with Crippen LogP contribution in [-0.4, -0.2) is 70.9 Å². The molecule has 1 aliphatic heterocycles. The lowest BCUT2D eigenvalue weighted by molar-refractivity contribution is -0.0541. The molecule has 0 aliphatic carbocycles. The van der Waals surface area contributed by atoms with Crippen LogP contribution in [0.4, 0.5) is 5.82 Å². The molecule has 0 aromatic carbocycles. The van der Waals surface area contributed by atoms with Crippen molar-refractivity contribution in [1.82, 2.24) is 9.55 Å². The molecule has 1 fully saturated rings. The molecule has 0 radical (unpaired) electrons. The first-order chi connectivity index (χ1) is 16.1. The van der Waals surface area contributed by atoms with Crippen molar-refractivity contribution in [1.29, 1.82) is 0 Å². The predicted molar refractivity (Wildman–Crippen MR) is 112 cm³/mol. The lowest BCUT2D eigenvalue weighted by Gasteiger charge is -2.19. The standard InChI is InChI=1S/C14H22N3O15P3/c1-2-3-4-7-28-16-10-5-6-17(14(20)15-10)13-12(19)11(18)9(30-13)8-29-34(24,25)32-35(26,27)31-33(21,22)23/h1,5-6,9,11-13,18-19H,3-4,7-8H2,(H,24,25)(H,26,27)(H,15,16,20)(H2,21,22,23)/t9-,11-,12-,13-/m1/s1. The summed E-state index contributed by atoms with van der Waals surface area (Å²) in [7, 11) is -16.8. The Bertz CT molecular complexity index is 1120. The van der Waals surface area contributed by atoms with E-state index in [2.05, 4.69) is 29.5 Å². The average Bonchev–Trinajstić information content (AvgIpc) is 2.98. The fourth-order valence-electron chi connectivity index (χ4n) is 2.60. The predicted octanol–water partition coefficient (Wildman–Crippen LogP) is -1.04. The maximum Gasteiger partial charge on any atom is 0.490 e. The first-order valence-electron chi connectivity index (χ1n) is 9.34. The van der Waals surface area contributed by atoms with Crippen LogP contribution < -0.4 is 11.2 Å². The molecule has 18 nitrogen and oxygen atoms in total. The van der Waals surface area contributed by atoms with Crippen LogP contribution in [0.2, 0.25) is 0 Å². The smallest absolute Gasteiger partial charge is 0.387 e. The van der Waals surface area contributed by atoms with E-state index in [0.29, 0.717) is 12.8 Å². The zero-order valence-electron chi connectivity index (χ0n) is 17.5. The van der Waals surface area contributed by atoms with Crippen LogP contribution in [0.5, 0.6) is 0 Å². The third kappa shape index (κ3) is 9.47. The van der Waals surface area contributed by atoms with Gasteiger partial charge in [-0.1, -0.05) is 0 Å². The van der Waals surface area contributed by atoms with Crippen LogP contribution in [0.15, 0.2) is 17.1 Å². The maximum atomic E-state index is 12.3. The highest BCUT2D eigenvalue weighted by Gasteiger charge is 2.46. The summed E-state index contributed by atoms with van der Waals surface area (Å²) in [5.74, 6) is 2.44. The van der Waals surface area contributed by atoms with E-state index in [-0.39, 0.29) is 12.4 Å². The quantitative estimate of drug-likeness (QED) is 0.0651.